The van der Waals surface area contributed by atoms with Gasteiger partial charge in [-0.2, -0.15) is 0 Å². The normalized spacial score (nSPS) is 19.2. The molecule has 1 aliphatic rings. The topological polar surface area (TPSA) is 31.1 Å². The first-order valence-corrected chi connectivity index (χ1v) is 6.46. The first-order chi connectivity index (χ1) is 8.88. The van der Waals surface area contributed by atoms with Gasteiger partial charge in [-0.1, -0.05) is 6.07 Å². The molecule has 0 spiro atoms. The summed E-state index contributed by atoms with van der Waals surface area (Å²) in [4.78, 5) is 5.39. The molecule has 0 radical (unpaired) electrons. The monoisotopic (exact) mass is 247 g/mol. The maximum atomic E-state index is 13.4. The minimum atomic E-state index is -0.323. The van der Waals surface area contributed by atoms with Gasteiger partial charge in [-0.3, -0.25) is 4.90 Å². The Morgan fingerprint density at radius 2 is 2.06 bits per heavy atom. The smallest absolute Gasteiger partial charge is 0.109 e. The fourth-order valence-electron chi connectivity index (χ4n) is 2.67. The molecule has 0 saturated carbocycles. The molecule has 3 nitrogen and oxygen atoms in total. The minimum absolute atomic E-state index is 0.105. The van der Waals surface area contributed by atoms with Crippen LogP contribution in [0.4, 0.5) is 4.39 Å². The Balaban J connectivity index is 1.89. The Morgan fingerprint density at radius 1 is 1.22 bits per heavy atom. The highest BCUT2D eigenvalue weighted by molar-refractivity contribution is 5.80. The molecule has 96 valence electrons. The van der Waals surface area contributed by atoms with Gasteiger partial charge >= 0.3 is 0 Å². The fourth-order valence-corrected chi connectivity index (χ4v) is 2.67. The SMILES string of the molecule is FC[C@H](c1ccc2[nH]ccc2c1)N1CCNCC1. The van der Waals surface area contributed by atoms with E-state index in [1.54, 1.807) is 0 Å². The van der Waals surface area contributed by atoms with Crippen molar-refractivity contribution in [2.45, 2.75) is 6.04 Å². The first-order valence-electron chi connectivity index (χ1n) is 6.46. The van der Waals surface area contributed by atoms with E-state index < -0.39 is 0 Å². The molecule has 18 heavy (non-hydrogen) atoms. The Hall–Kier alpha value is -1.39. The molecule has 0 amide bonds. The van der Waals surface area contributed by atoms with E-state index in [-0.39, 0.29) is 12.7 Å². The molecule has 4 heteroatoms. The van der Waals surface area contributed by atoms with Gasteiger partial charge in [-0.25, -0.2) is 4.39 Å². The second-order valence-corrected chi connectivity index (χ2v) is 4.78. The average molecular weight is 247 g/mol. The number of fused-ring (bicyclic) bond motifs is 1. The molecular weight excluding hydrogens is 229 g/mol. The summed E-state index contributed by atoms with van der Waals surface area (Å²) >= 11 is 0. The van der Waals surface area contributed by atoms with Gasteiger partial charge in [0.25, 0.3) is 0 Å². The number of halogens is 1. The summed E-state index contributed by atoms with van der Waals surface area (Å²) in [5.74, 6) is 0. The molecule has 1 aliphatic heterocycles. The summed E-state index contributed by atoms with van der Waals surface area (Å²) in [6, 6.07) is 8.09. The second kappa shape index (κ2) is 5.08. The van der Waals surface area contributed by atoms with Crippen molar-refractivity contribution in [2.24, 2.45) is 0 Å². The van der Waals surface area contributed by atoms with Crippen LogP contribution in [0.15, 0.2) is 30.5 Å². The van der Waals surface area contributed by atoms with Crippen LogP contribution in [-0.4, -0.2) is 42.7 Å². The third-order valence-electron chi connectivity index (χ3n) is 3.70. The lowest BCUT2D eigenvalue weighted by Gasteiger charge is -2.33. The molecule has 1 saturated heterocycles. The van der Waals surface area contributed by atoms with Crippen molar-refractivity contribution in [3.05, 3.63) is 36.0 Å². The van der Waals surface area contributed by atoms with E-state index in [1.807, 2.05) is 24.4 Å². The van der Waals surface area contributed by atoms with Crippen molar-refractivity contribution in [1.82, 2.24) is 15.2 Å². The number of hydrogen-bond acceptors (Lipinski definition) is 2. The Labute approximate surface area is 106 Å². The zero-order valence-electron chi connectivity index (χ0n) is 10.3. The Bertz CT molecular complexity index is 516. The highest BCUT2D eigenvalue weighted by Crippen LogP contribution is 2.25. The molecule has 2 N–H and O–H groups in total. The molecule has 1 fully saturated rings. The molecule has 2 heterocycles. The summed E-state index contributed by atoms with van der Waals surface area (Å²) in [6.45, 7) is 3.40. The van der Waals surface area contributed by atoms with Crippen LogP contribution < -0.4 is 5.32 Å². The molecule has 0 unspecified atom stereocenters. The van der Waals surface area contributed by atoms with Crippen molar-refractivity contribution >= 4 is 10.9 Å². The average Bonchev–Trinajstić information content (AvgIpc) is 2.88. The van der Waals surface area contributed by atoms with E-state index in [0.717, 1.165) is 42.6 Å². The van der Waals surface area contributed by atoms with E-state index in [2.05, 4.69) is 21.3 Å². The standard InChI is InChI=1S/C14H18FN3/c15-10-14(18-7-5-16-6-8-18)12-1-2-13-11(9-12)3-4-17-13/h1-4,9,14,16-17H,5-8,10H2/t14-/m1/s1. The van der Waals surface area contributed by atoms with Crippen molar-refractivity contribution in [3.8, 4) is 0 Å². The number of aromatic nitrogens is 1. The second-order valence-electron chi connectivity index (χ2n) is 4.78. The number of aromatic amines is 1. The van der Waals surface area contributed by atoms with Gasteiger partial charge < -0.3 is 10.3 Å². The van der Waals surface area contributed by atoms with Crippen molar-refractivity contribution < 1.29 is 4.39 Å². The number of alkyl halides is 1. The van der Waals surface area contributed by atoms with E-state index in [4.69, 9.17) is 0 Å². The van der Waals surface area contributed by atoms with Crippen LogP contribution in [0.5, 0.6) is 0 Å². The molecule has 1 atom stereocenters. The predicted octanol–water partition coefficient (Wildman–Crippen LogP) is 2.08. The number of benzene rings is 1. The van der Waals surface area contributed by atoms with E-state index in [9.17, 15) is 4.39 Å². The summed E-state index contributed by atoms with van der Waals surface area (Å²) in [7, 11) is 0. The number of hydrogen-bond donors (Lipinski definition) is 2. The van der Waals surface area contributed by atoms with Gasteiger partial charge in [0.2, 0.25) is 0 Å². The van der Waals surface area contributed by atoms with Crippen molar-refractivity contribution in [3.63, 3.8) is 0 Å². The maximum absolute atomic E-state index is 13.4. The molecule has 1 aromatic carbocycles. The van der Waals surface area contributed by atoms with E-state index in [0.29, 0.717) is 0 Å². The molecular formula is C14H18FN3. The van der Waals surface area contributed by atoms with Crippen LogP contribution in [0.1, 0.15) is 11.6 Å². The van der Waals surface area contributed by atoms with Gasteiger partial charge in [0.15, 0.2) is 0 Å². The minimum Gasteiger partial charge on any atom is -0.361 e. The molecule has 1 aromatic heterocycles. The maximum Gasteiger partial charge on any atom is 0.109 e. The lowest BCUT2D eigenvalue weighted by atomic mass is 10.0. The number of piperazine rings is 1. The third kappa shape index (κ3) is 2.13. The molecule has 2 aromatic rings. The van der Waals surface area contributed by atoms with Gasteiger partial charge in [0, 0.05) is 37.9 Å². The lowest BCUT2D eigenvalue weighted by Crippen LogP contribution is -2.45. The van der Waals surface area contributed by atoms with Crippen LogP contribution in [-0.2, 0) is 0 Å². The van der Waals surface area contributed by atoms with Gasteiger partial charge in [-0.05, 0) is 29.1 Å². The summed E-state index contributed by atoms with van der Waals surface area (Å²) < 4.78 is 13.4. The van der Waals surface area contributed by atoms with Crippen LogP contribution >= 0.6 is 0 Å². The fraction of sp³-hybridized carbons (Fsp3) is 0.429. The summed E-state index contributed by atoms with van der Waals surface area (Å²) in [6.07, 6.45) is 1.92. The zero-order valence-corrected chi connectivity index (χ0v) is 10.3. The highest BCUT2D eigenvalue weighted by atomic mass is 19.1. The Morgan fingerprint density at radius 3 is 2.83 bits per heavy atom. The number of rotatable bonds is 3. The summed E-state index contributed by atoms with van der Waals surface area (Å²) in [5.41, 5.74) is 2.18. The van der Waals surface area contributed by atoms with Gasteiger partial charge in [0.05, 0.1) is 6.04 Å². The highest BCUT2D eigenvalue weighted by Gasteiger charge is 2.22. The Kier molecular flexibility index (Phi) is 3.30. The predicted molar refractivity (Wildman–Crippen MR) is 71.5 cm³/mol. The largest absolute Gasteiger partial charge is 0.361 e. The number of nitrogens with one attached hydrogen (secondary N) is 2. The molecule has 0 bridgehead atoms. The van der Waals surface area contributed by atoms with Crippen molar-refractivity contribution in [1.29, 1.82) is 0 Å². The van der Waals surface area contributed by atoms with Gasteiger partial charge in [-0.15, -0.1) is 0 Å². The summed E-state index contributed by atoms with van der Waals surface area (Å²) in [5, 5.41) is 4.46. The van der Waals surface area contributed by atoms with Crippen LogP contribution in [0.25, 0.3) is 10.9 Å². The van der Waals surface area contributed by atoms with E-state index in [1.165, 1.54) is 0 Å². The van der Waals surface area contributed by atoms with Crippen LogP contribution in [0, 0.1) is 0 Å². The van der Waals surface area contributed by atoms with E-state index >= 15 is 0 Å². The van der Waals surface area contributed by atoms with Gasteiger partial charge in [0.1, 0.15) is 6.67 Å². The number of nitrogens with zero attached hydrogens (tertiary/aromatic N) is 1. The lowest BCUT2D eigenvalue weighted by molar-refractivity contribution is 0.147. The molecule has 3 rings (SSSR count). The van der Waals surface area contributed by atoms with Crippen molar-refractivity contribution in [2.75, 3.05) is 32.9 Å². The zero-order chi connectivity index (χ0) is 12.4. The number of H-pyrrole nitrogens is 1. The van der Waals surface area contributed by atoms with Crippen LogP contribution in [0.3, 0.4) is 0 Å². The van der Waals surface area contributed by atoms with Crippen LogP contribution in [0.2, 0.25) is 0 Å². The quantitative estimate of drug-likeness (QED) is 0.870. The first kappa shape index (κ1) is 11.7. The molecule has 0 aliphatic carbocycles. The third-order valence-corrected chi connectivity index (χ3v) is 3.70.